The number of rotatable bonds is 6. The maximum atomic E-state index is 12.1. The summed E-state index contributed by atoms with van der Waals surface area (Å²) in [5.41, 5.74) is 0. The molecule has 2 saturated carbocycles. The minimum Gasteiger partial charge on any atom is -0.313 e. The maximum absolute atomic E-state index is 12.1. The third kappa shape index (κ3) is 3.66. The summed E-state index contributed by atoms with van der Waals surface area (Å²) in [6.45, 7) is 4.49. The van der Waals surface area contributed by atoms with Crippen molar-refractivity contribution in [1.82, 2.24) is 10.0 Å². The van der Waals surface area contributed by atoms with Crippen LogP contribution in [0.25, 0.3) is 0 Å². The van der Waals surface area contributed by atoms with Crippen molar-refractivity contribution >= 4 is 10.0 Å². The fourth-order valence-corrected chi connectivity index (χ4v) is 3.70. The molecule has 0 saturated heterocycles. The van der Waals surface area contributed by atoms with E-state index in [4.69, 9.17) is 0 Å². The van der Waals surface area contributed by atoms with Crippen molar-refractivity contribution in [3.05, 3.63) is 0 Å². The topological polar surface area (TPSA) is 58.2 Å². The van der Waals surface area contributed by atoms with Crippen molar-refractivity contribution in [3.8, 4) is 0 Å². The van der Waals surface area contributed by atoms with Crippen LogP contribution in [0.3, 0.4) is 0 Å². The summed E-state index contributed by atoms with van der Waals surface area (Å²) in [4.78, 5) is 0. The van der Waals surface area contributed by atoms with Crippen molar-refractivity contribution in [3.63, 3.8) is 0 Å². The van der Waals surface area contributed by atoms with Crippen molar-refractivity contribution in [1.29, 1.82) is 0 Å². The Balaban J connectivity index is 1.83. The normalized spacial score (nSPS) is 31.6. The molecule has 2 aliphatic rings. The molecular formula is C12H24N2O2S. The van der Waals surface area contributed by atoms with Gasteiger partial charge in [-0.05, 0) is 38.5 Å². The number of hydrogen-bond acceptors (Lipinski definition) is 3. The number of nitrogens with one attached hydrogen (secondary N) is 2. The first-order valence-electron chi connectivity index (χ1n) is 6.73. The quantitative estimate of drug-likeness (QED) is 0.755. The molecule has 0 aromatic rings. The van der Waals surface area contributed by atoms with Gasteiger partial charge in [0.25, 0.3) is 0 Å². The molecule has 100 valence electrons. The molecule has 5 heteroatoms. The summed E-state index contributed by atoms with van der Waals surface area (Å²) in [5, 5.41) is 2.94. The lowest BCUT2D eigenvalue weighted by atomic mass is 10.1. The van der Waals surface area contributed by atoms with Gasteiger partial charge in [0.2, 0.25) is 10.0 Å². The smallest absolute Gasteiger partial charge is 0.215 e. The first kappa shape index (κ1) is 13.3. The van der Waals surface area contributed by atoms with E-state index in [1.807, 2.05) is 0 Å². The lowest BCUT2D eigenvalue weighted by Gasteiger charge is -2.21. The molecule has 0 spiro atoms. The Morgan fingerprint density at radius 1 is 1.24 bits per heavy atom. The summed E-state index contributed by atoms with van der Waals surface area (Å²) >= 11 is 0. The molecule has 3 unspecified atom stereocenters. The molecule has 4 nitrogen and oxygen atoms in total. The second kappa shape index (κ2) is 5.24. The zero-order valence-corrected chi connectivity index (χ0v) is 11.6. The molecule has 0 radical (unpaired) electrons. The van der Waals surface area contributed by atoms with Crippen LogP contribution in [0, 0.1) is 5.92 Å². The highest BCUT2D eigenvalue weighted by Gasteiger charge is 2.31. The zero-order chi connectivity index (χ0) is 12.5. The van der Waals surface area contributed by atoms with E-state index in [1.165, 1.54) is 12.8 Å². The van der Waals surface area contributed by atoms with E-state index < -0.39 is 10.0 Å². The third-order valence-electron chi connectivity index (χ3n) is 3.98. The Bertz CT molecular complexity index is 352. The minimum absolute atomic E-state index is 0.156. The molecule has 0 bridgehead atoms. The Morgan fingerprint density at radius 3 is 2.47 bits per heavy atom. The average molecular weight is 260 g/mol. The van der Waals surface area contributed by atoms with Crippen LogP contribution in [0.1, 0.15) is 46.0 Å². The van der Waals surface area contributed by atoms with E-state index in [9.17, 15) is 8.42 Å². The molecular weight excluding hydrogens is 236 g/mol. The van der Waals surface area contributed by atoms with Crippen LogP contribution in [0.5, 0.6) is 0 Å². The second-order valence-corrected chi connectivity index (χ2v) is 7.80. The van der Waals surface area contributed by atoms with Gasteiger partial charge in [0.05, 0.1) is 5.25 Å². The van der Waals surface area contributed by atoms with Gasteiger partial charge in [-0.2, -0.15) is 0 Å². The van der Waals surface area contributed by atoms with Crippen LogP contribution in [0.2, 0.25) is 0 Å². The molecule has 0 aromatic heterocycles. The molecule has 17 heavy (non-hydrogen) atoms. The molecule has 0 heterocycles. The summed E-state index contributed by atoms with van der Waals surface area (Å²) in [7, 11) is -3.16. The molecule has 0 aliphatic heterocycles. The Kier molecular flexibility index (Phi) is 4.10. The fraction of sp³-hybridized carbons (Fsp3) is 1.00. The van der Waals surface area contributed by atoms with Crippen LogP contribution in [0.15, 0.2) is 0 Å². The van der Waals surface area contributed by atoms with Crippen LogP contribution in [-0.4, -0.2) is 32.3 Å². The SMILES string of the molecule is CC1CCCC1NS(=O)(=O)C(C)CNC1CC1. The largest absolute Gasteiger partial charge is 0.313 e. The average Bonchev–Trinajstić information content (AvgIpc) is 3.01. The van der Waals surface area contributed by atoms with Gasteiger partial charge in [-0.3, -0.25) is 0 Å². The van der Waals surface area contributed by atoms with Crippen LogP contribution in [-0.2, 0) is 10.0 Å². The maximum Gasteiger partial charge on any atom is 0.215 e. The monoisotopic (exact) mass is 260 g/mol. The first-order valence-corrected chi connectivity index (χ1v) is 8.28. The van der Waals surface area contributed by atoms with Gasteiger partial charge >= 0.3 is 0 Å². The number of hydrogen-bond donors (Lipinski definition) is 2. The molecule has 0 aromatic carbocycles. The van der Waals surface area contributed by atoms with Gasteiger partial charge in [0.1, 0.15) is 0 Å². The molecule has 2 aliphatic carbocycles. The van der Waals surface area contributed by atoms with Gasteiger partial charge < -0.3 is 5.32 Å². The Morgan fingerprint density at radius 2 is 1.94 bits per heavy atom. The van der Waals surface area contributed by atoms with E-state index in [2.05, 4.69) is 17.0 Å². The summed E-state index contributed by atoms with van der Waals surface area (Å²) in [6, 6.07) is 0.724. The van der Waals surface area contributed by atoms with Crippen molar-refractivity contribution in [2.24, 2.45) is 5.92 Å². The Labute approximate surface area is 105 Å². The van der Waals surface area contributed by atoms with E-state index in [0.717, 1.165) is 19.3 Å². The van der Waals surface area contributed by atoms with Crippen molar-refractivity contribution in [2.45, 2.75) is 63.3 Å². The predicted octanol–water partition coefficient (Wildman–Crippen LogP) is 1.23. The zero-order valence-electron chi connectivity index (χ0n) is 10.8. The van der Waals surface area contributed by atoms with Crippen molar-refractivity contribution in [2.75, 3.05) is 6.54 Å². The highest BCUT2D eigenvalue weighted by molar-refractivity contribution is 7.90. The molecule has 2 N–H and O–H groups in total. The molecule has 3 atom stereocenters. The molecule has 2 rings (SSSR count). The lowest BCUT2D eigenvalue weighted by Crippen LogP contribution is -2.44. The first-order chi connectivity index (χ1) is 7.99. The van der Waals surface area contributed by atoms with E-state index >= 15 is 0 Å². The molecule has 2 fully saturated rings. The van der Waals surface area contributed by atoms with Gasteiger partial charge in [0.15, 0.2) is 0 Å². The van der Waals surface area contributed by atoms with E-state index in [0.29, 0.717) is 18.5 Å². The predicted molar refractivity (Wildman–Crippen MR) is 69.3 cm³/mol. The second-order valence-electron chi connectivity index (χ2n) is 5.67. The fourth-order valence-electron chi connectivity index (χ4n) is 2.38. The van der Waals surface area contributed by atoms with Gasteiger partial charge in [-0.25, -0.2) is 13.1 Å². The molecule has 0 amide bonds. The van der Waals surface area contributed by atoms with Gasteiger partial charge in [-0.1, -0.05) is 13.3 Å². The summed E-state index contributed by atoms with van der Waals surface area (Å²) in [6.07, 6.45) is 5.66. The minimum atomic E-state index is -3.16. The van der Waals surface area contributed by atoms with E-state index in [1.54, 1.807) is 6.92 Å². The third-order valence-corrected chi connectivity index (χ3v) is 5.84. The standard InChI is InChI=1S/C12H24N2O2S/c1-9-4-3-5-12(9)14-17(15,16)10(2)8-13-11-6-7-11/h9-14H,3-8H2,1-2H3. The summed E-state index contributed by atoms with van der Waals surface area (Å²) < 4.78 is 27.1. The van der Waals surface area contributed by atoms with Crippen LogP contribution < -0.4 is 10.0 Å². The van der Waals surface area contributed by atoms with Gasteiger partial charge in [-0.15, -0.1) is 0 Å². The highest BCUT2D eigenvalue weighted by atomic mass is 32.2. The van der Waals surface area contributed by atoms with E-state index in [-0.39, 0.29) is 11.3 Å². The highest BCUT2D eigenvalue weighted by Crippen LogP contribution is 2.26. The lowest BCUT2D eigenvalue weighted by molar-refractivity contribution is 0.470. The van der Waals surface area contributed by atoms with Crippen molar-refractivity contribution < 1.29 is 8.42 Å². The van der Waals surface area contributed by atoms with Crippen LogP contribution >= 0.6 is 0 Å². The number of sulfonamides is 1. The van der Waals surface area contributed by atoms with Gasteiger partial charge in [0, 0.05) is 18.6 Å². The summed E-state index contributed by atoms with van der Waals surface area (Å²) in [5.74, 6) is 0.480. The van der Waals surface area contributed by atoms with Crippen LogP contribution in [0.4, 0.5) is 0 Å². The Hall–Kier alpha value is -0.130.